The molecule has 0 bridgehead atoms. The van der Waals surface area contributed by atoms with Crippen molar-refractivity contribution in [3.8, 4) is 11.5 Å². The third kappa shape index (κ3) is 4.16. The lowest BCUT2D eigenvalue weighted by Gasteiger charge is -2.16. The van der Waals surface area contributed by atoms with E-state index in [2.05, 4.69) is 15.1 Å². The van der Waals surface area contributed by atoms with Gasteiger partial charge < -0.3 is 14.5 Å². The third-order valence-electron chi connectivity index (χ3n) is 5.13. The molecule has 2 aromatic heterocycles. The molecule has 0 aliphatic carbocycles. The maximum Gasteiger partial charge on any atom is 0.308 e. The predicted octanol–water partition coefficient (Wildman–Crippen LogP) is 2.39. The molecule has 1 aliphatic heterocycles. The van der Waals surface area contributed by atoms with Gasteiger partial charge in [0.2, 0.25) is 17.6 Å². The van der Waals surface area contributed by atoms with E-state index in [1.165, 1.54) is 0 Å². The first-order chi connectivity index (χ1) is 14.1. The van der Waals surface area contributed by atoms with Crippen molar-refractivity contribution in [3.63, 3.8) is 0 Å². The number of carbonyl (C=O) groups is 2. The Balaban J connectivity index is 1.39. The molecule has 1 aromatic carbocycles. The number of carboxylic acid groups (broad SMARTS) is 1. The van der Waals surface area contributed by atoms with Crippen molar-refractivity contribution < 1.29 is 19.2 Å². The van der Waals surface area contributed by atoms with Crippen LogP contribution in [0.25, 0.3) is 11.5 Å². The van der Waals surface area contributed by atoms with Gasteiger partial charge in [0.1, 0.15) is 5.69 Å². The first kappa shape index (κ1) is 18.8. The van der Waals surface area contributed by atoms with Crippen molar-refractivity contribution >= 4 is 11.9 Å². The van der Waals surface area contributed by atoms with Gasteiger partial charge in [0.25, 0.3) is 0 Å². The zero-order valence-electron chi connectivity index (χ0n) is 15.6. The van der Waals surface area contributed by atoms with Crippen LogP contribution < -0.4 is 0 Å². The summed E-state index contributed by atoms with van der Waals surface area (Å²) in [5, 5.41) is 13.5. The molecular formula is C21H20N4O4. The Bertz CT molecular complexity index is 990. The summed E-state index contributed by atoms with van der Waals surface area (Å²) in [6, 6.07) is 14.9. The van der Waals surface area contributed by atoms with Crippen LogP contribution in [0.5, 0.6) is 0 Å². The van der Waals surface area contributed by atoms with E-state index in [4.69, 9.17) is 4.52 Å². The second kappa shape index (κ2) is 8.22. The molecule has 1 N–H and O–H groups in total. The summed E-state index contributed by atoms with van der Waals surface area (Å²) in [6.07, 6.45) is 2.12. The van der Waals surface area contributed by atoms with Crippen LogP contribution in [-0.4, -0.2) is 50.1 Å². The van der Waals surface area contributed by atoms with Crippen molar-refractivity contribution in [2.75, 3.05) is 13.1 Å². The number of rotatable bonds is 6. The van der Waals surface area contributed by atoms with E-state index in [0.29, 0.717) is 30.4 Å². The predicted molar refractivity (Wildman–Crippen MR) is 103 cm³/mol. The first-order valence-corrected chi connectivity index (χ1v) is 9.41. The van der Waals surface area contributed by atoms with E-state index in [1.54, 1.807) is 23.2 Å². The van der Waals surface area contributed by atoms with E-state index in [1.807, 2.05) is 36.4 Å². The van der Waals surface area contributed by atoms with E-state index in [9.17, 15) is 14.7 Å². The molecule has 1 amide bonds. The molecule has 148 valence electrons. The van der Waals surface area contributed by atoms with E-state index in [0.717, 1.165) is 5.56 Å². The van der Waals surface area contributed by atoms with Gasteiger partial charge in [-0.1, -0.05) is 41.6 Å². The van der Waals surface area contributed by atoms with Crippen LogP contribution >= 0.6 is 0 Å². The molecule has 1 aliphatic rings. The average Bonchev–Trinajstić information content (AvgIpc) is 3.41. The summed E-state index contributed by atoms with van der Waals surface area (Å²) in [4.78, 5) is 34.4. The minimum atomic E-state index is -0.883. The van der Waals surface area contributed by atoms with Gasteiger partial charge in [0, 0.05) is 38.0 Å². The van der Waals surface area contributed by atoms with Crippen molar-refractivity contribution in [1.29, 1.82) is 0 Å². The third-order valence-corrected chi connectivity index (χ3v) is 5.13. The Morgan fingerprint density at radius 1 is 1.10 bits per heavy atom. The molecule has 4 rings (SSSR count). The molecule has 2 atom stereocenters. The second-order valence-corrected chi connectivity index (χ2v) is 6.99. The Morgan fingerprint density at radius 2 is 1.90 bits per heavy atom. The fraction of sp³-hybridized carbons (Fsp3) is 0.286. The van der Waals surface area contributed by atoms with Gasteiger partial charge >= 0.3 is 5.97 Å². The van der Waals surface area contributed by atoms with E-state index < -0.39 is 11.9 Å². The van der Waals surface area contributed by atoms with Crippen LogP contribution in [0.15, 0.2) is 59.3 Å². The molecule has 3 aromatic rings. The molecule has 3 heterocycles. The number of pyridine rings is 1. The summed E-state index contributed by atoms with van der Waals surface area (Å²) in [5.74, 6) is -1.09. The number of likely N-dealkylation sites (tertiary alicyclic amines) is 1. The van der Waals surface area contributed by atoms with E-state index >= 15 is 0 Å². The monoisotopic (exact) mass is 392 g/mol. The summed E-state index contributed by atoms with van der Waals surface area (Å²) in [6.45, 7) is 0.597. The van der Waals surface area contributed by atoms with Crippen LogP contribution in [0.1, 0.15) is 23.8 Å². The molecule has 8 heteroatoms. The van der Waals surface area contributed by atoms with Gasteiger partial charge in [-0.05, 0) is 17.7 Å². The Labute approximate surface area is 167 Å². The quantitative estimate of drug-likeness (QED) is 0.686. The highest BCUT2D eigenvalue weighted by atomic mass is 16.5. The van der Waals surface area contributed by atoms with E-state index in [-0.39, 0.29) is 24.8 Å². The highest BCUT2D eigenvalue weighted by Crippen LogP contribution is 2.33. The first-order valence-electron chi connectivity index (χ1n) is 9.41. The highest BCUT2D eigenvalue weighted by molar-refractivity contribution is 5.79. The summed E-state index contributed by atoms with van der Waals surface area (Å²) in [7, 11) is 0. The summed E-state index contributed by atoms with van der Waals surface area (Å²) in [5.41, 5.74) is 1.54. The number of carbonyl (C=O) groups excluding carboxylic acids is 1. The fourth-order valence-corrected chi connectivity index (χ4v) is 3.62. The van der Waals surface area contributed by atoms with Crippen molar-refractivity contribution in [3.05, 3.63) is 66.2 Å². The number of aryl methyl sites for hydroxylation is 1. The average molecular weight is 392 g/mol. The topological polar surface area (TPSA) is 109 Å². The molecule has 0 unspecified atom stereocenters. The molecule has 0 radical (unpaired) electrons. The standard InChI is InChI=1S/C21H20N4O4/c26-19(10-9-18-23-20(24-29-18)17-8-4-5-11-22-17)25-12-15(16(13-25)21(27)28)14-6-2-1-3-7-14/h1-8,11,15-16H,9-10,12-13H2,(H,27,28)/t15-,16-/m1/s1. The molecule has 0 spiro atoms. The zero-order valence-corrected chi connectivity index (χ0v) is 15.6. The molecular weight excluding hydrogens is 372 g/mol. The summed E-state index contributed by atoms with van der Waals surface area (Å²) >= 11 is 0. The minimum absolute atomic E-state index is 0.118. The van der Waals surface area contributed by atoms with Crippen LogP contribution in [0.3, 0.4) is 0 Å². The van der Waals surface area contributed by atoms with Crippen LogP contribution in [0.2, 0.25) is 0 Å². The zero-order chi connectivity index (χ0) is 20.2. The number of benzene rings is 1. The number of hydrogen-bond acceptors (Lipinski definition) is 6. The van der Waals surface area contributed by atoms with Crippen molar-refractivity contribution in [2.45, 2.75) is 18.8 Å². The van der Waals surface area contributed by atoms with Gasteiger partial charge in [-0.15, -0.1) is 0 Å². The SMILES string of the molecule is O=C(O)[C@@H]1CN(C(=O)CCc2nc(-c3ccccn3)no2)C[C@@H]1c1ccccc1. The smallest absolute Gasteiger partial charge is 0.308 e. The van der Waals surface area contributed by atoms with Gasteiger partial charge in [-0.2, -0.15) is 4.98 Å². The number of aromatic nitrogens is 3. The van der Waals surface area contributed by atoms with Gasteiger partial charge in [0.15, 0.2) is 0 Å². The van der Waals surface area contributed by atoms with Crippen molar-refractivity contribution in [2.24, 2.45) is 5.92 Å². The van der Waals surface area contributed by atoms with Crippen LogP contribution in [-0.2, 0) is 16.0 Å². The number of aliphatic carboxylic acids is 1. The van der Waals surface area contributed by atoms with Gasteiger partial charge in [-0.25, -0.2) is 0 Å². The second-order valence-electron chi connectivity index (χ2n) is 6.99. The molecule has 29 heavy (non-hydrogen) atoms. The lowest BCUT2D eigenvalue weighted by Crippen LogP contribution is -2.30. The Hall–Kier alpha value is -3.55. The van der Waals surface area contributed by atoms with Crippen LogP contribution in [0, 0.1) is 5.92 Å². The van der Waals surface area contributed by atoms with Crippen molar-refractivity contribution in [1.82, 2.24) is 20.0 Å². The molecule has 1 saturated heterocycles. The highest BCUT2D eigenvalue weighted by Gasteiger charge is 2.40. The molecule has 1 fully saturated rings. The lowest BCUT2D eigenvalue weighted by molar-refractivity contribution is -0.141. The maximum absolute atomic E-state index is 12.7. The van der Waals surface area contributed by atoms with Gasteiger partial charge in [-0.3, -0.25) is 14.6 Å². The summed E-state index contributed by atoms with van der Waals surface area (Å²) < 4.78 is 5.22. The number of amides is 1. The minimum Gasteiger partial charge on any atom is -0.481 e. The van der Waals surface area contributed by atoms with Crippen LogP contribution in [0.4, 0.5) is 0 Å². The lowest BCUT2D eigenvalue weighted by atomic mass is 9.89. The number of carboxylic acids is 1. The molecule has 0 saturated carbocycles. The largest absolute Gasteiger partial charge is 0.481 e. The molecule has 8 nitrogen and oxygen atoms in total. The van der Waals surface area contributed by atoms with Gasteiger partial charge in [0.05, 0.1) is 5.92 Å². The Kier molecular flexibility index (Phi) is 5.33. The fourth-order valence-electron chi connectivity index (χ4n) is 3.62. The maximum atomic E-state index is 12.7. The normalized spacial score (nSPS) is 18.7. The number of hydrogen-bond donors (Lipinski definition) is 1. The Morgan fingerprint density at radius 3 is 2.62 bits per heavy atom. The number of nitrogens with zero attached hydrogens (tertiary/aromatic N) is 4.